The average molecular weight is 398 g/mol. The minimum atomic E-state index is -0.385. The molecule has 1 heterocycles. The van der Waals surface area contributed by atoms with Crippen LogP contribution in [0.3, 0.4) is 0 Å². The van der Waals surface area contributed by atoms with E-state index in [0.29, 0.717) is 17.3 Å². The summed E-state index contributed by atoms with van der Waals surface area (Å²) >= 11 is 0. The van der Waals surface area contributed by atoms with E-state index in [-0.39, 0.29) is 11.7 Å². The Hall–Kier alpha value is -3.93. The molecule has 3 aromatic carbocycles. The first-order chi connectivity index (χ1) is 14.6. The quantitative estimate of drug-likeness (QED) is 0.524. The molecule has 0 fully saturated rings. The van der Waals surface area contributed by atoms with Crippen molar-refractivity contribution in [3.63, 3.8) is 0 Å². The summed E-state index contributed by atoms with van der Waals surface area (Å²) < 4.78 is 6.95. The van der Waals surface area contributed by atoms with Crippen LogP contribution in [0, 0.1) is 13.8 Å². The van der Waals surface area contributed by atoms with Gasteiger partial charge in [-0.1, -0.05) is 48.5 Å². The van der Waals surface area contributed by atoms with Gasteiger partial charge in [-0.3, -0.25) is 4.79 Å². The van der Waals surface area contributed by atoms with Crippen LogP contribution in [0.1, 0.15) is 21.7 Å². The molecule has 1 amide bonds. The van der Waals surface area contributed by atoms with Crippen LogP contribution in [0.15, 0.2) is 72.8 Å². The number of nitrogens with zero attached hydrogens (tertiary/aromatic N) is 3. The molecular weight excluding hydrogens is 376 g/mol. The lowest BCUT2D eigenvalue weighted by Crippen LogP contribution is -2.14. The summed E-state index contributed by atoms with van der Waals surface area (Å²) in [7, 11) is 1.58. The van der Waals surface area contributed by atoms with Crippen LogP contribution >= 0.6 is 0 Å². The van der Waals surface area contributed by atoms with Crippen LogP contribution in [-0.4, -0.2) is 27.8 Å². The van der Waals surface area contributed by atoms with E-state index >= 15 is 0 Å². The van der Waals surface area contributed by atoms with Crippen molar-refractivity contribution >= 4 is 11.6 Å². The molecule has 30 heavy (non-hydrogen) atoms. The van der Waals surface area contributed by atoms with Gasteiger partial charge in [0.1, 0.15) is 5.75 Å². The van der Waals surface area contributed by atoms with Crippen molar-refractivity contribution in [1.29, 1.82) is 0 Å². The third-order valence-corrected chi connectivity index (χ3v) is 4.97. The summed E-state index contributed by atoms with van der Waals surface area (Å²) in [6.45, 7) is 4.09. The minimum Gasteiger partial charge on any atom is -0.497 e. The fourth-order valence-corrected chi connectivity index (χ4v) is 3.20. The van der Waals surface area contributed by atoms with Crippen LogP contribution in [0.2, 0.25) is 0 Å². The molecule has 6 nitrogen and oxygen atoms in total. The predicted octanol–water partition coefficient (Wildman–Crippen LogP) is 4.81. The molecule has 1 N–H and O–H groups in total. The predicted molar refractivity (Wildman–Crippen MR) is 117 cm³/mol. The van der Waals surface area contributed by atoms with Gasteiger partial charge in [0.2, 0.25) is 5.82 Å². The van der Waals surface area contributed by atoms with Crippen molar-refractivity contribution in [2.75, 3.05) is 12.4 Å². The molecule has 0 bridgehead atoms. The maximum absolute atomic E-state index is 12.9. The van der Waals surface area contributed by atoms with Gasteiger partial charge in [-0.25, -0.2) is 9.67 Å². The lowest BCUT2D eigenvalue weighted by atomic mass is 10.1. The summed E-state index contributed by atoms with van der Waals surface area (Å²) in [4.78, 5) is 17.5. The lowest BCUT2D eigenvalue weighted by molar-refractivity contribution is 0.101. The molecule has 0 saturated heterocycles. The standard InChI is InChI=1S/C24H22N4O2/c1-16-9-7-14-21(17(16)2)28-23(18-10-5-4-6-11-18)26-22(27-28)24(29)25-19-12-8-13-20(15-19)30-3/h4-15H,1-3H3,(H,25,29). The molecule has 0 aliphatic heterocycles. The van der Waals surface area contributed by atoms with Crippen LogP contribution in [-0.2, 0) is 0 Å². The molecule has 6 heteroatoms. The van der Waals surface area contributed by atoms with Gasteiger partial charge in [0.05, 0.1) is 12.8 Å². The first-order valence-electron chi connectivity index (χ1n) is 9.61. The normalized spacial score (nSPS) is 10.6. The van der Waals surface area contributed by atoms with E-state index < -0.39 is 0 Å². The smallest absolute Gasteiger partial charge is 0.295 e. The van der Waals surface area contributed by atoms with Crippen molar-refractivity contribution in [2.45, 2.75) is 13.8 Å². The molecule has 0 aliphatic carbocycles. The van der Waals surface area contributed by atoms with Gasteiger partial charge in [0.25, 0.3) is 5.91 Å². The molecule has 0 unspecified atom stereocenters. The number of hydrogen-bond donors (Lipinski definition) is 1. The van der Waals surface area contributed by atoms with Crippen molar-refractivity contribution in [3.05, 3.63) is 89.7 Å². The van der Waals surface area contributed by atoms with Gasteiger partial charge in [0, 0.05) is 17.3 Å². The van der Waals surface area contributed by atoms with E-state index in [2.05, 4.69) is 15.4 Å². The highest BCUT2D eigenvalue weighted by molar-refractivity contribution is 6.02. The zero-order valence-corrected chi connectivity index (χ0v) is 17.1. The van der Waals surface area contributed by atoms with E-state index in [4.69, 9.17) is 4.74 Å². The Balaban J connectivity index is 1.77. The number of amides is 1. The number of anilines is 1. The van der Waals surface area contributed by atoms with Gasteiger partial charge < -0.3 is 10.1 Å². The number of benzene rings is 3. The molecule has 150 valence electrons. The number of ether oxygens (including phenoxy) is 1. The van der Waals surface area contributed by atoms with Crippen molar-refractivity contribution in [3.8, 4) is 22.8 Å². The second-order valence-corrected chi connectivity index (χ2v) is 6.94. The summed E-state index contributed by atoms with van der Waals surface area (Å²) in [5.74, 6) is 0.980. The number of aryl methyl sites for hydroxylation is 1. The summed E-state index contributed by atoms with van der Waals surface area (Å²) in [5, 5.41) is 7.40. The van der Waals surface area contributed by atoms with E-state index in [1.54, 1.807) is 23.9 Å². The maximum Gasteiger partial charge on any atom is 0.295 e. The molecule has 0 spiro atoms. The molecule has 4 rings (SSSR count). The number of rotatable bonds is 5. The summed E-state index contributed by atoms with van der Waals surface area (Å²) in [6.07, 6.45) is 0. The second-order valence-electron chi connectivity index (χ2n) is 6.94. The Bertz CT molecular complexity index is 1200. The highest BCUT2D eigenvalue weighted by atomic mass is 16.5. The van der Waals surface area contributed by atoms with E-state index in [1.165, 1.54) is 0 Å². The minimum absolute atomic E-state index is 0.0950. The Kier molecular flexibility index (Phi) is 5.30. The number of nitrogens with one attached hydrogen (secondary N) is 1. The van der Waals surface area contributed by atoms with Crippen molar-refractivity contribution in [1.82, 2.24) is 14.8 Å². The van der Waals surface area contributed by atoms with Gasteiger partial charge in [0.15, 0.2) is 5.82 Å². The third kappa shape index (κ3) is 3.80. The number of carbonyl (C=O) groups excluding carboxylic acids is 1. The third-order valence-electron chi connectivity index (χ3n) is 4.97. The molecular formula is C24H22N4O2. The number of methoxy groups -OCH3 is 1. The monoisotopic (exact) mass is 398 g/mol. The van der Waals surface area contributed by atoms with E-state index in [0.717, 1.165) is 22.4 Å². The Labute approximate surface area is 175 Å². The van der Waals surface area contributed by atoms with Gasteiger partial charge >= 0.3 is 0 Å². The maximum atomic E-state index is 12.9. The summed E-state index contributed by atoms with van der Waals surface area (Å²) in [6, 6.07) is 22.9. The zero-order chi connectivity index (χ0) is 21.1. The van der Waals surface area contributed by atoms with Gasteiger partial charge in [-0.15, -0.1) is 5.10 Å². The topological polar surface area (TPSA) is 69.0 Å². The summed E-state index contributed by atoms with van der Waals surface area (Å²) in [5.41, 5.74) is 4.61. The first-order valence-corrected chi connectivity index (χ1v) is 9.61. The van der Waals surface area contributed by atoms with E-state index in [9.17, 15) is 4.79 Å². The van der Waals surface area contributed by atoms with E-state index in [1.807, 2.05) is 74.5 Å². The van der Waals surface area contributed by atoms with Gasteiger partial charge in [-0.05, 0) is 43.2 Å². The first kappa shape index (κ1) is 19.4. The fraction of sp³-hybridized carbons (Fsp3) is 0.125. The number of carbonyl (C=O) groups is 1. The van der Waals surface area contributed by atoms with Crippen molar-refractivity contribution < 1.29 is 9.53 Å². The number of aromatic nitrogens is 3. The lowest BCUT2D eigenvalue weighted by Gasteiger charge is -2.10. The highest BCUT2D eigenvalue weighted by Gasteiger charge is 2.20. The fourth-order valence-electron chi connectivity index (χ4n) is 3.20. The van der Waals surface area contributed by atoms with Gasteiger partial charge in [-0.2, -0.15) is 0 Å². The molecule has 0 aliphatic rings. The van der Waals surface area contributed by atoms with Crippen LogP contribution in [0.4, 0.5) is 5.69 Å². The Morgan fingerprint density at radius 2 is 1.73 bits per heavy atom. The molecule has 1 aromatic heterocycles. The van der Waals surface area contributed by atoms with Crippen molar-refractivity contribution in [2.24, 2.45) is 0 Å². The van der Waals surface area contributed by atoms with Crippen LogP contribution in [0.5, 0.6) is 5.75 Å². The van der Waals surface area contributed by atoms with Crippen LogP contribution in [0.25, 0.3) is 17.1 Å². The zero-order valence-electron chi connectivity index (χ0n) is 17.1. The Morgan fingerprint density at radius 1 is 0.967 bits per heavy atom. The SMILES string of the molecule is COc1cccc(NC(=O)c2nc(-c3ccccc3)n(-c3cccc(C)c3C)n2)c1. The second kappa shape index (κ2) is 8.21. The molecule has 0 radical (unpaired) electrons. The largest absolute Gasteiger partial charge is 0.497 e. The number of hydrogen-bond acceptors (Lipinski definition) is 4. The molecule has 0 atom stereocenters. The molecule has 4 aromatic rings. The average Bonchev–Trinajstić information content (AvgIpc) is 3.22. The molecule has 0 saturated carbocycles. The highest BCUT2D eigenvalue weighted by Crippen LogP contribution is 2.25. The van der Waals surface area contributed by atoms with Crippen LogP contribution < -0.4 is 10.1 Å². The Morgan fingerprint density at radius 3 is 2.50 bits per heavy atom.